The van der Waals surface area contributed by atoms with Crippen LogP contribution in [0.2, 0.25) is 0 Å². The Morgan fingerprint density at radius 2 is 1.78 bits per heavy atom. The molecule has 0 radical (unpaired) electrons. The fourth-order valence-electron chi connectivity index (χ4n) is 4.63. The second-order valence-electron chi connectivity index (χ2n) is 9.80. The van der Waals surface area contributed by atoms with E-state index in [2.05, 4.69) is 31.2 Å². The molecule has 3 rings (SSSR count). The fraction of sp³-hybridized carbons (Fsp3) is 0.538. The van der Waals surface area contributed by atoms with Gasteiger partial charge in [0.05, 0.1) is 17.8 Å². The number of allylic oxidation sites excluding steroid dienone is 2. The monoisotopic (exact) mass is 462 g/mol. The van der Waals surface area contributed by atoms with Crippen LogP contribution >= 0.6 is 11.3 Å². The van der Waals surface area contributed by atoms with E-state index in [0.717, 1.165) is 23.3 Å². The van der Waals surface area contributed by atoms with Crippen molar-refractivity contribution in [1.82, 2.24) is 0 Å². The first-order valence-electron chi connectivity index (χ1n) is 11.3. The lowest BCUT2D eigenvalue weighted by Crippen LogP contribution is -2.43. The Kier molecular flexibility index (Phi) is 8.28. The number of benzene rings is 1. The minimum absolute atomic E-state index is 0.0439. The highest BCUT2D eigenvalue weighted by molar-refractivity contribution is 7.15. The summed E-state index contributed by atoms with van der Waals surface area (Å²) in [4.78, 5) is 2.35. The summed E-state index contributed by atoms with van der Waals surface area (Å²) in [6.07, 6.45) is 3.72. The van der Waals surface area contributed by atoms with E-state index in [0.29, 0.717) is 11.8 Å². The number of thiophene rings is 1. The van der Waals surface area contributed by atoms with E-state index in [1.807, 2.05) is 0 Å². The average Bonchev–Trinajstić information content (AvgIpc) is 3.18. The SMILES string of the molecule is CC1C=CC(C(CO)[C@@H](O)C(O)CC(C)(C)O)CC1Cc1ccc(-c2ccc(F)cc2)s1. The van der Waals surface area contributed by atoms with Crippen LogP contribution in [0.25, 0.3) is 10.4 Å². The normalized spacial score (nSPS) is 24.3. The van der Waals surface area contributed by atoms with E-state index < -0.39 is 23.7 Å². The molecule has 5 unspecified atom stereocenters. The van der Waals surface area contributed by atoms with Crippen molar-refractivity contribution >= 4 is 11.3 Å². The highest BCUT2D eigenvalue weighted by Gasteiger charge is 2.36. The molecule has 6 heteroatoms. The summed E-state index contributed by atoms with van der Waals surface area (Å²) in [5.41, 5.74) is -0.0947. The predicted molar refractivity (Wildman–Crippen MR) is 127 cm³/mol. The van der Waals surface area contributed by atoms with E-state index >= 15 is 0 Å². The van der Waals surface area contributed by atoms with Gasteiger partial charge in [-0.25, -0.2) is 4.39 Å². The highest BCUT2D eigenvalue weighted by atomic mass is 32.1. The van der Waals surface area contributed by atoms with E-state index in [-0.39, 0.29) is 24.8 Å². The highest BCUT2D eigenvalue weighted by Crippen LogP contribution is 2.38. The standard InChI is InChI=1S/C26H35FO4S/c1-16-4-5-18(22(15-28)25(30)23(29)14-26(2,3)31)12-19(16)13-21-10-11-24(32-21)17-6-8-20(27)9-7-17/h4-11,16,18-19,22-23,25,28-31H,12-15H2,1-3H3/t16?,18?,19?,22?,23?,25-/m1/s1. The molecule has 1 aromatic carbocycles. The third-order valence-corrected chi connectivity index (χ3v) is 7.69. The molecule has 4 N–H and O–H groups in total. The molecule has 1 aliphatic carbocycles. The smallest absolute Gasteiger partial charge is 0.123 e. The molecule has 6 atom stereocenters. The summed E-state index contributed by atoms with van der Waals surface area (Å²) >= 11 is 1.71. The zero-order chi connectivity index (χ0) is 23.5. The lowest BCUT2D eigenvalue weighted by atomic mass is 9.71. The number of rotatable bonds is 9. The van der Waals surface area contributed by atoms with Crippen LogP contribution in [0.1, 0.15) is 38.5 Å². The van der Waals surface area contributed by atoms with Gasteiger partial charge in [0, 0.05) is 28.7 Å². The number of hydrogen-bond acceptors (Lipinski definition) is 5. The Bertz CT molecular complexity index is 886. The van der Waals surface area contributed by atoms with Crippen LogP contribution in [0, 0.1) is 29.5 Å². The van der Waals surface area contributed by atoms with Gasteiger partial charge in [0.25, 0.3) is 0 Å². The molecule has 2 aromatic rings. The minimum atomic E-state index is -1.11. The van der Waals surface area contributed by atoms with Crippen molar-refractivity contribution in [1.29, 1.82) is 0 Å². The van der Waals surface area contributed by atoms with Gasteiger partial charge >= 0.3 is 0 Å². The summed E-state index contributed by atoms with van der Waals surface area (Å²) < 4.78 is 13.2. The first-order valence-corrected chi connectivity index (χ1v) is 12.1. The Morgan fingerprint density at radius 1 is 1.09 bits per heavy atom. The van der Waals surface area contributed by atoms with Crippen molar-refractivity contribution in [3.8, 4) is 10.4 Å². The second-order valence-corrected chi connectivity index (χ2v) is 11.0. The zero-order valence-corrected chi connectivity index (χ0v) is 19.8. The van der Waals surface area contributed by atoms with Crippen LogP contribution in [-0.4, -0.2) is 44.8 Å². The van der Waals surface area contributed by atoms with Gasteiger partial charge in [0.15, 0.2) is 0 Å². The molecule has 0 amide bonds. The predicted octanol–water partition coefficient (Wildman–Crippen LogP) is 4.42. The van der Waals surface area contributed by atoms with E-state index in [4.69, 9.17) is 0 Å². The molecule has 0 saturated heterocycles. The summed E-state index contributed by atoms with van der Waals surface area (Å²) in [5, 5.41) is 41.1. The van der Waals surface area contributed by atoms with Crippen LogP contribution in [0.4, 0.5) is 4.39 Å². The molecule has 0 bridgehead atoms. The van der Waals surface area contributed by atoms with Crippen molar-refractivity contribution in [3.05, 3.63) is 59.2 Å². The summed E-state index contributed by atoms with van der Waals surface area (Å²) in [5.74, 6) is -0.0774. The Labute approximate surface area is 194 Å². The van der Waals surface area contributed by atoms with Crippen molar-refractivity contribution < 1.29 is 24.8 Å². The maximum absolute atomic E-state index is 13.2. The summed E-state index contributed by atoms with van der Waals surface area (Å²) in [6, 6.07) is 10.7. The van der Waals surface area contributed by atoms with E-state index in [9.17, 15) is 24.8 Å². The summed E-state index contributed by atoms with van der Waals surface area (Å²) in [6.45, 7) is 5.14. The quantitative estimate of drug-likeness (QED) is 0.416. The molecule has 0 fully saturated rings. The Hall–Kier alpha value is -1.57. The van der Waals surface area contributed by atoms with Gasteiger partial charge in [0.2, 0.25) is 0 Å². The lowest BCUT2D eigenvalue weighted by molar-refractivity contribution is -0.0794. The molecular weight excluding hydrogens is 427 g/mol. The molecule has 1 heterocycles. The minimum Gasteiger partial charge on any atom is -0.396 e. The molecule has 1 aliphatic rings. The van der Waals surface area contributed by atoms with Crippen molar-refractivity contribution in [2.45, 2.75) is 57.8 Å². The first kappa shape index (κ1) is 25.1. The van der Waals surface area contributed by atoms with Gasteiger partial charge in [0.1, 0.15) is 5.82 Å². The van der Waals surface area contributed by atoms with E-state index in [1.54, 1.807) is 37.3 Å². The first-order chi connectivity index (χ1) is 15.1. The van der Waals surface area contributed by atoms with Gasteiger partial charge in [-0.15, -0.1) is 11.3 Å². The summed E-state index contributed by atoms with van der Waals surface area (Å²) in [7, 11) is 0. The Morgan fingerprint density at radius 3 is 2.41 bits per heavy atom. The maximum Gasteiger partial charge on any atom is 0.123 e. The van der Waals surface area contributed by atoms with Crippen molar-refractivity contribution in [2.24, 2.45) is 23.7 Å². The zero-order valence-electron chi connectivity index (χ0n) is 19.0. The van der Waals surface area contributed by atoms with Crippen LogP contribution in [0.15, 0.2) is 48.6 Å². The van der Waals surface area contributed by atoms with Gasteiger partial charge in [-0.05, 0) is 74.3 Å². The topological polar surface area (TPSA) is 80.9 Å². The molecule has 1 aromatic heterocycles. The lowest BCUT2D eigenvalue weighted by Gasteiger charge is -2.37. The number of aliphatic hydroxyl groups excluding tert-OH is 3. The van der Waals surface area contributed by atoms with Gasteiger partial charge in [-0.2, -0.15) is 0 Å². The van der Waals surface area contributed by atoms with Gasteiger partial charge in [-0.1, -0.05) is 31.2 Å². The number of aliphatic hydroxyl groups is 4. The molecule has 0 saturated carbocycles. The van der Waals surface area contributed by atoms with Crippen LogP contribution in [-0.2, 0) is 6.42 Å². The van der Waals surface area contributed by atoms with Gasteiger partial charge in [-0.3, -0.25) is 0 Å². The van der Waals surface area contributed by atoms with Crippen LogP contribution in [0.5, 0.6) is 0 Å². The van der Waals surface area contributed by atoms with Crippen molar-refractivity contribution in [2.75, 3.05) is 6.61 Å². The number of hydrogen-bond donors (Lipinski definition) is 4. The van der Waals surface area contributed by atoms with Crippen LogP contribution < -0.4 is 0 Å². The molecule has 4 nitrogen and oxygen atoms in total. The third kappa shape index (κ3) is 6.49. The molecule has 32 heavy (non-hydrogen) atoms. The van der Waals surface area contributed by atoms with E-state index in [1.165, 1.54) is 17.0 Å². The largest absolute Gasteiger partial charge is 0.396 e. The van der Waals surface area contributed by atoms with Crippen molar-refractivity contribution in [3.63, 3.8) is 0 Å². The molecule has 0 aliphatic heterocycles. The van der Waals surface area contributed by atoms with Crippen LogP contribution in [0.3, 0.4) is 0 Å². The third-order valence-electron chi connectivity index (χ3n) is 6.54. The van der Waals surface area contributed by atoms with Gasteiger partial charge < -0.3 is 20.4 Å². The molecule has 0 spiro atoms. The maximum atomic E-state index is 13.2. The molecular formula is C26H35FO4S. The average molecular weight is 463 g/mol. The second kappa shape index (κ2) is 10.6. The fourth-order valence-corrected chi connectivity index (χ4v) is 5.74. The molecule has 176 valence electrons. The number of halogens is 1. The Balaban J connectivity index is 1.68.